The van der Waals surface area contributed by atoms with Crippen LogP contribution in [0, 0.1) is 0 Å². The predicted octanol–water partition coefficient (Wildman–Crippen LogP) is 2.78. The standard InChI is InChI=1S/C19H26N2O2/c1-15(12-16-8-10-20-19(13-16)23-2)21-14-18(9-11-22)17-6-4-3-5-7-17/h3-8,10,13,15,18,21-22H,9,11-12,14H2,1-2H3. The number of aliphatic hydroxyl groups is 1. The molecule has 23 heavy (non-hydrogen) atoms. The molecular weight excluding hydrogens is 288 g/mol. The molecule has 0 bridgehead atoms. The van der Waals surface area contributed by atoms with Gasteiger partial charge in [-0.3, -0.25) is 0 Å². The van der Waals surface area contributed by atoms with Gasteiger partial charge in [0, 0.05) is 31.5 Å². The highest BCUT2D eigenvalue weighted by molar-refractivity contribution is 5.22. The zero-order valence-corrected chi connectivity index (χ0v) is 13.9. The van der Waals surface area contributed by atoms with Crippen molar-refractivity contribution < 1.29 is 9.84 Å². The molecule has 0 aliphatic rings. The Hall–Kier alpha value is -1.91. The van der Waals surface area contributed by atoms with Gasteiger partial charge < -0.3 is 15.2 Å². The lowest BCUT2D eigenvalue weighted by Gasteiger charge is -2.21. The molecule has 0 amide bonds. The average Bonchev–Trinajstić information content (AvgIpc) is 2.59. The summed E-state index contributed by atoms with van der Waals surface area (Å²) in [6, 6.07) is 14.7. The number of hydrogen-bond acceptors (Lipinski definition) is 4. The van der Waals surface area contributed by atoms with Crippen LogP contribution >= 0.6 is 0 Å². The first kappa shape index (κ1) is 17.4. The number of methoxy groups -OCH3 is 1. The summed E-state index contributed by atoms with van der Waals surface area (Å²) in [6.07, 6.45) is 3.46. The SMILES string of the molecule is COc1cc(CC(C)NCC(CCO)c2ccccc2)ccn1. The van der Waals surface area contributed by atoms with Gasteiger partial charge >= 0.3 is 0 Å². The molecule has 2 unspecified atom stereocenters. The summed E-state index contributed by atoms with van der Waals surface area (Å²) in [5.74, 6) is 0.979. The summed E-state index contributed by atoms with van der Waals surface area (Å²) in [7, 11) is 1.63. The zero-order valence-electron chi connectivity index (χ0n) is 13.9. The summed E-state index contributed by atoms with van der Waals surface area (Å²) < 4.78 is 5.17. The van der Waals surface area contributed by atoms with Crippen LogP contribution in [0.25, 0.3) is 0 Å². The van der Waals surface area contributed by atoms with Gasteiger partial charge in [-0.05, 0) is 42.9 Å². The number of benzene rings is 1. The number of rotatable bonds is 9. The van der Waals surface area contributed by atoms with E-state index in [1.165, 1.54) is 11.1 Å². The van der Waals surface area contributed by atoms with Crippen molar-refractivity contribution in [2.45, 2.75) is 31.7 Å². The van der Waals surface area contributed by atoms with Gasteiger partial charge in [0.1, 0.15) is 0 Å². The fourth-order valence-electron chi connectivity index (χ4n) is 2.73. The highest BCUT2D eigenvalue weighted by Crippen LogP contribution is 2.18. The van der Waals surface area contributed by atoms with E-state index in [0.29, 0.717) is 17.8 Å². The van der Waals surface area contributed by atoms with Crippen molar-refractivity contribution in [2.24, 2.45) is 0 Å². The maximum atomic E-state index is 9.31. The molecule has 0 saturated heterocycles. The lowest BCUT2D eigenvalue weighted by atomic mass is 9.95. The summed E-state index contributed by atoms with van der Waals surface area (Å²) in [6.45, 7) is 3.24. The Bertz CT molecular complexity index is 575. The van der Waals surface area contributed by atoms with Crippen LogP contribution in [0.15, 0.2) is 48.7 Å². The lowest BCUT2D eigenvalue weighted by Crippen LogP contribution is -2.32. The second-order valence-electron chi connectivity index (χ2n) is 5.84. The van der Waals surface area contributed by atoms with E-state index in [1.807, 2.05) is 30.3 Å². The summed E-state index contributed by atoms with van der Waals surface area (Å²) in [5.41, 5.74) is 2.47. The summed E-state index contributed by atoms with van der Waals surface area (Å²) in [4.78, 5) is 4.13. The van der Waals surface area contributed by atoms with Gasteiger partial charge in [-0.25, -0.2) is 4.98 Å². The van der Waals surface area contributed by atoms with Crippen molar-refractivity contribution in [1.29, 1.82) is 0 Å². The van der Waals surface area contributed by atoms with E-state index < -0.39 is 0 Å². The molecule has 4 heteroatoms. The van der Waals surface area contributed by atoms with E-state index in [1.54, 1.807) is 13.3 Å². The molecule has 2 atom stereocenters. The number of aromatic nitrogens is 1. The monoisotopic (exact) mass is 314 g/mol. The van der Waals surface area contributed by atoms with E-state index in [4.69, 9.17) is 4.74 Å². The Morgan fingerprint density at radius 2 is 2.00 bits per heavy atom. The summed E-state index contributed by atoms with van der Waals surface area (Å²) >= 11 is 0. The lowest BCUT2D eigenvalue weighted by molar-refractivity contribution is 0.272. The minimum Gasteiger partial charge on any atom is -0.481 e. The molecule has 1 aromatic heterocycles. The third-order valence-electron chi connectivity index (χ3n) is 4.01. The second kappa shape index (κ2) is 9.28. The van der Waals surface area contributed by atoms with Gasteiger partial charge in [-0.1, -0.05) is 30.3 Å². The van der Waals surface area contributed by atoms with Gasteiger partial charge in [0.2, 0.25) is 5.88 Å². The first-order valence-electron chi connectivity index (χ1n) is 8.11. The Kier molecular flexibility index (Phi) is 7.04. The fraction of sp³-hybridized carbons (Fsp3) is 0.421. The van der Waals surface area contributed by atoms with Crippen molar-refractivity contribution in [1.82, 2.24) is 10.3 Å². The van der Waals surface area contributed by atoms with Crippen molar-refractivity contribution in [3.8, 4) is 5.88 Å². The number of aliphatic hydroxyl groups excluding tert-OH is 1. The quantitative estimate of drug-likeness (QED) is 0.747. The molecule has 124 valence electrons. The maximum absolute atomic E-state index is 9.31. The number of nitrogens with one attached hydrogen (secondary N) is 1. The molecule has 2 rings (SSSR count). The van der Waals surface area contributed by atoms with Crippen molar-refractivity contribution in [2.75, 3.05) is 20.3 Å². The highest BCUT2D eigenvalue weighted by Gasteiger charge is 2.12. The molecule has 4 nitrogen and oxygen atoms in total. The molecule has 1 heterocycles. The second-order valence-corrected chi connectivity index (χ2v) is 5.84. The molecule has 1 aromatic carbocycles. The van der Waals surface area contributed by atoms with E-state index in [-0.39, 0.29) is 6.61 Å². The molecular formula is C19H26N2O2. The minimum absolute atomic E-state index is 0.206. The number of pyridine rings is 1. The van der Waals surface area contributed by atoms with Gasteiger partial charge in [-0.15, -0.1) is 0 Å². The number of nitrogens with zero attached hydrogens (tertiary/aromatic N) is 1. The van der Waals surface area contributed by atoms with Crippen LogP contribution < -0.4 is 10.1 Å². The van der Waals surface area contributed by atoms with Crippen LogP contribution in [0.4, 0.5) is 0 Å². The van der Waals surface area contributed by atoms with Crippen molar-refractivity contribution >= 4 is 0 Å². The van der Waals surface area contributed by atoms with Gasteiger partial charge in [0.15, 0.2) is 0 Å². The topological polar surface area (TPSA) is 54.4 Å². The van der Waals surface area contributed by atoms with E-state index >= 15 is 0 Å². The Labute approximate surface area is 138 Å². The molecule has 0 aliphatic heterocycles. The van der Waals surface area contributed by atoms with Gasteiger partial charge in [0.25, 0.3) is 0 Å². The number of ether oxygens (including phenoxy) is 1. The van der Waals surface area contributed by atoms with Crippen LogP contribution in [0.3, 0.4) is 0 Å². The predicted molar refractivity (Wildman–Crippen MR) is 92.8 cm³/mol. The molecule has 0 saturated carbocycles. The van der Waals surface area contributed by atoms with Crippen LogP contribution in [-0.2, 0) is 6.42 Å². The van der Waals surface area contributed by atoms with Crippen LogP contribution in [0.5, 0.6) is 5.88 Å². The number of hydrogen-bond donors (Lipinski definition) is 2. The van der Waals surface area contributed by atoms with E-state index in [9.17, 15) is 5.11 Å². The smallest absolute Gasteiger partial charge is 0.213 e. The van der Waals surface area contributed by atoms with Gasteiger partial charge in [0.05, 0.1) is 7.11 Å². The third kappa shape index (κ3) is 5.66. The Balaban J connectivity index is 1.89. The van der Waals surface area contributed by atoms with Crippen LogP contribution in [-0.4, -0.2) is 36.4 Å². The molecule has 0 spiro atoms. The zero-order chi connectivity index (χ0) is 16.5. The molecule has 0 fully saturated rings. The minimum atomic E-state index is 0.206. The molecule has 0 aliphatic carbocycles. The third-order valence-corrected chi connectivity index (χ3v) is 4.01. The largest absolute Gasteiger partial charge is 0.481 e. The molecule has 2 aromatic rings. The van der Waals surface area contributed by atoms with Gasteiger partial charge in [-0.2, -0.15) is 0 Å². The Morgan fingerprint density at radius 3 is 2.70 bits per heavy atom. The van der Waals surface area contributed by atoms with Crippen LogP contribution in [0.1, 0.15) is 30.4 Å². The van der Waals surface area contributed by atoms with Crippen molar-refractivity contribution in [3.05, 3.63) is 59.8 Å². The maximum Gasteiger partial charge on any atom is 0.213 e. The summed E-state index contributed by atoms with van der Waals surface area (Å²) in [5, 5.41) is 12.9. The van der Waals surface area contributed by atoms with E-state index in [0.717, 1.165) is 19.4 Å². The fourth-order valence-corrected chi connectivity index (χ4v) is 2.73. The van der Waals surface area contributed by atoms with Crippen LogP contribution in [0.2, 0.25) is 0 Å². The molecule has 0 radical (unpaired) electrons. The highest BCUT2D eigenvalue weighted by atomic mass is 16.5. The molecule has 2 N–H and O–H groups in total. The van der Waals surface area contributed by atoms with Crippen molar-refractivity contribution in [3.63, 3.8) is 0 Å². The van der Waals surface area contributed by atoms with E-state index in [2.05, 4.69) is 29.4 Å². The average molecular weight is 314 g/mol. The normalized spacial score (nSPS) is 13.5. The Morgan fingerprint density at radius 1 is 1.22 bits per heavy atom. The first-order chi connectivity index (χ1) is 11.2. The first-order valence-corrected chi connectivity index (χ1v) is 8.11.